The number of amides is 2. The number of halogens is 1. The Morgan fingerprint density at radius 2 is 1.56 bits per heavy atom. The minimum atomic E-state index is -0.0997. The summed E-state index contributed by atoms with van der Waals surface area (Å²) < 4.78 is 5.31. The van der Waals surface area contributed by atoms with Crippen LogP contribution in [0, 0.1) is 0 Å². The lowest BCUT2D eigenvalue weighted by Crippen LogP contribution is -2.40. The third-order valence-corrected chi connectivity index (χ3v) is 5.90. The Hall–Kier alpha value is -3.41. The van der Waals surface area contributed by atoms with Crippen LogP contribution in [0.2, 0.25) is 5.02 Å². The molecule has 2 amide bonds. The molecule has 0 aliphatic carbocycles. The van der Waals surface area contributed by atoms with Crippen molar-refractivity contribution in [3.8, 4) is 0 Å². The van der Waals surface area contributed by atoms with Crippen LogP contribution in [-0.4, -0.2) is 47.9 Å². The summed E-state index contributed by atoms with van der Waals surface area (Å²) >= 11 is 6.14. The van der Waals surface area contributed by atoms with Gasteiger partial charge in [-0.2, -0.15) is 0 Å². The maximum absolute atomic E-state index is 13.1. The molecule has 1 aliphatic heterocycles. The average molecular weight is 475 g/mol. The highest BCUT2D eigenvalue weighted by Gasteiger charge is 2.18. The molecule has 0 bridgehead atoms. The molecular weight excluding hydrogens is 448 g/mol. The molecule has 0 unspecified atom stereocenters. The van der Waals surface area contributed by atoms with Gasteiger partial charge in [0, 0.05) is 42.8 Å². The smallest absolute Gasteiger partial charge is 0.254 e. The predicted octanol–water partition coefficient (Wildman–Crippen LogP) is 5.05. The van der Waals surface area contributed by atoms with Gasteiger partial charge in [-0.3, -0.25) is 9.59 Å². The van der Waals surface area contributed by atoms with Crippen molar-refractivity contribution in [2.24, 2.45) is 0 Å². The molecular formula is C28H27ClN2O3. The van der Waals surface area contributed by atoms with Gasteiger partial charge in [0.2, 0.25) is 5.91 Å². The van der Waals surface area contributed by atoms with E-state index in [-0.39, 0.29) is 11.8 Å². The van der Waals surface area contributed by atoms with Gasteiger partial charge in [-0.1, -0.05) is 66.2 Å². The monoisotopic (exact) mass is 474 g/mol. The number of carbonyl (C=O) groups is 2. The number of benzene rings is 3. The molecule has 1 heterocycles. The predicted molar refractivity (Wildman–Crippen MR) is 134 cm³/mol. The molecule has 0 radical (unpaired) electrons. The zero-order valence-electron chi connectivity index (χ0n) is 18.9. The minimum Gasteiger partial charge on any atom is -0.378 e. The summed E-state index contributed by atoms with van der Waals surface area (Å²) in [7, 11) is 0. The van der Waals surface area contributed by atoms with E-state index >= 15 is 0 Å². The van der Waals surface area contributed by atoms with Crippen molar-refractivity contribution in [1.82, 2.24) is 9.80 Å². The van der Waals surface area contributed by atoms with Crippen LogP contribution in [0.15, 0.2) is 84.9 Å². The molecule has 0 saturated carbocycles. The number of rotatable bonds is 7. The van der Waals surface area contributed by atoms with Crippen molar-refractivity contribution >= 4 is 29.5 Å². The molecule has 1 fully saturated rings. The largest absolute Gasteiger partial charge is 0.378 e. The first-order valence-corrected chi connectivity index (χ1v) is 11.7. The highest BCUT2D eigenvalue weighted by molar-refractivity contribution is 6.30. The van der Waals surface area contributed by atoms with Crippen molar-refractivity contribution in [3.63, 3.8) is 0 Å². The van der Waals surface area contributed by atoms with Crippen LogP contribution in [0.5, 0.6) is 0 Å². The van der Waals surface area contributed by atoms with E-state index < -0.39 is 0 Å². The SMILES string of the molecule is O=C(/C=C/c1ccc(C(=O)N2CCOCC2)cc1)N(Cc1ccccc1)Cc1cccc(Cl)c1. The lowest BCUT2D eigenvalue weighted by molar-refractivity contribution is -0.127. The summed E-state index contributed by atoms with van der Waals surface area (Å²) in [4.78, 5) is 29.3. The van der Waals surface area contributed by atoms with Crippen LogP contribution in [0.25, 0.3) is 6.08 Å². The van der Waals surface area contributed by atoms with Crippen molar-refractivity contribution in [3.05, 3.63) is 112 Å². The van der Waals surface area contributed by atoms with Crippen molar-refractivity contribution in [1.29, 1.82) is 0 Å². The lowest BCUT2D eigenvalue weighted by atomic mass is 10.1. The fourth-order valence-electron chi connectivity index (χ4n) is 3.83. The van der Waals surface area contributed by atoms with E-state index in [9.17, 15) is 9.59 Å². The molecule has 3 aromatic rings. The molecule has 1 saturated heterocycles. The molecule has 5 nitrogen and oxygen atoms in total. The van der Waals surface area contributed by atoms with E-state index in [0.717, 1.165) is 16.7 Å². The number of carbonyl (C=O) groups excluding carboxylic acids is 2. The van der Waals surface area contributed by atoms with E-state index in [4.69, 9.17) is 16.3 Å². The van der Waals surface area contributed by atoms with Gasteiger partial charge in [-0.25, -0.2) is 0 Å². The topological polar surface area (TPSA) is 49.9 Å². The third kappa shape index (κ3) is 6.56. The zero-order valence-corrected chi connectivity index (χ0v) is 19.7. The van der Waals surface area contributed by atoms with E-state index in [2.05, 4.69) is 0 Å². The van der Waals surface area contributed by atoms with Crippen LogP contribution >= 0.6 is 11.6 Å². The molecule has 4 rings (SSSR count). The van der Waals surface area contributed by atoms with Crippen molar-refractivity contribution in [2.45, 2.75) is 13.1 Å². The number of hydrogen-bond donors (Lipinski definition) is 0. The fourth-order valence-corrected chi connectivity index (χ4v) is 4.04. The Kier molecular flexibility index (Phi) is 8.12. The third-order valence-electron chi connectivity index (χ3n) is 5.66. The van der Waals surface area contributed by atoms with E-state index in [0.29, 0.717) is 50.0 Å². The molecule has 0 spiro atoms. The second-order valence-electron chi connectivity index (χ2n) is 8.17. The van der Waals surface area contributed by atoms with Gasteiger partial charge in [-0.15, -0.1) is 0 Å². The van der Waals surface area contributed by atoms with Gasteiger partial charge in [0.15, 0.2) is 0 Å². The van der Waals surface area contributed by atoms with Crippen molar-refractivity contribution in [2.75, 3.05) is 26.3 Å². The minimum absolute atomic E-state index is 0.00506. The quantitative estimate of drug-likeness (QED) is 0.450. The number of hydrogen-bond acceptors (Lipinski definition) is 3. The number of nitrogens with zero attached hydrogens (tertiary/aromatic N) is 2. The molecule has 6 heteroatoms. The molecule has 0 atom stereocenters. The number of ether oxygens (including phenoxy) is 1. The summed E-state index contributed by atoms with van der Waals surface area (Å²) in [6.07, 6.45) is 3.35. The second kappa shape index (κ2) is 11.6. The Morgan fingerprint density at radius 1 is 0.882 bits per heavy atom. The average Bonchev–Trinajstić information content (AvgIpc) is 2.88. The highest BCUT2D eigenvalue weighted by atomic mass is 35.5. The van der Waals surface area contributed by atoms with Gasteiger partial charge < -0.3 is 14.5 Å². The fraction of sp³-hybridized carbons (Fsp3) is 0.214. The normalized spacial score (nSPS) is 13.7. The van der Waals surface area contributed by atoms with E-state index in [1.807, 2.05) is 66.7 Å². The molecule has 0 N–H and O–H groups in total. The summed E-state index contributed by atoms with van der Waals surface area (Å²) in [5.41, 5.74) is 3.51. The van der Waals surface area contributed by atoms with Crippen LogP contribution < -0.4 is 0 Å². The Morgan fingerprint density at radius 3 is 2.26 bits per heavy atom. The summed E-state index contributed by atoms with van der Waals surface area (Å²) in [5.74, 6) is -0.0947. The molecule has 1 aliphatic rings. The number of morpholine rings is 1. The maximum Gasteiger partial charge on any atom is 0.254 e. The summed E-state index contributed by atoms with van der Waals surface area (Å²) in [6.45, 7) is 3.31. The zero-order chi connectivity index (χ0) is 23.8. The van der Waals surface area contributed by atoms with Crippen LogP contribution in [-0.2, 0) is 22.6 Å². The van der Waals surface area contributed by atoms with Gasteiger partial charge in [0.1, 0.15) is 0 Å². The Balaban J connectivity index is 1.45. The van der Waals surface area contributed by atoms with E-state index in [1.54, 1.807) is 34.1 Å². The van der Waals surface area contributed by atoms with Gasteiger partial charge >= 0.3 is 0 Å². The standard InChI is InChI=1S/C28H27ClN2O3/c29-26-8-4-7-24(19-26)21-31(20-23-5-2-1-3-6-23)27(32)14-11-22-9-12-25(13-10-22)28(33)30-15-17-34-18-16-30/h1-14,19H,15-18,20-21H2/b14-11+. The Labute approximate surface area is 205 Å². The first kappa shape index (κ1) is 23.7. The van der Waals surface area contributed by atoms with Gasteiger partial charge in [0.05, 0.1) is 13.2 Å². The first-order valence-electron chi connectivity index (χ1n) is 11.3. The van der Waals surface area contributed by atoms with E-state index in [1.165, 1.54) is 0 Å². The molecule has 0 aromatic heterocycles. The van der Waals surface area contributed by atoms with Gasteiger partial charge in [-0.05, 0) is 47.0 Å². The Bertz CT molecular complexity index is 1140. The summed E-state index contributed by atoms with van der Waals surface area (Å²) in [6, 6.07) is 24.8. The molecule has 3 aromatic carbocycles. The summed E-state index contributed by atoms with van der Waals surface area (Å²) in [5, 5.41) is 0.645. The molecule has 174 valence electrons. The highest BCUT2D eigenvalue weighted by Crippen LogP contribution is 2.16. The van der Waals surface area contributed by atoms with Gasteiger partial charge in [0.25, 0.3) is 5.91 Å². The van der Waals surface area contributed by atoms with Crippen LogP contribution in [0.1, 0.15) is 27.0 Å². The second-order valence-corrected chi connectivity index (χ2v) is 8.61. The van der Waals surface area contributed by atoms with Crippen molar-refractivity contribution < 1.29 is 14.3 Å². The van der Waals surface area contributed by atoms with Crippen LogP contribution in [0.3, 0.4) is 0 Å². The van der Waals surface area contributed by atoms with Crippen LogP contribution in [0.4, 0.5) is 0 Å². The molecule has 34 heavy (non-hydrogen) atoms. The first-order chi connectivity index (χ1) is 16.6. The lowest BCUT2D eigenvalue weighted by Gasteiger charge is -2.26. The maximum atomic E-state index is 13.1.